The van der Waals surface area contributed by atoms with Crippen LogP contribution in [-0.2, 0) is 11.2 Å². The minimum atomic E-state index is -0.0487. The Hall–Kier alpha value is -2.29. The quantitative estimate of drug-likeness (QED) is 0.829. The van der Waals surface area contributed by atoms with Gasteiger partial charge in [0.25, 0.3) is 0 Å². The number of carbonyl (C=O) groups excluding carboxylic acids is 1. The molecule has 1 saturated heterocycles. The number of carbonyl (C=O) groups is 1. The molecule has 0 bridgehead atoms. The van der Waals surface area contributed by atoms with Gasteiger partial charge in [-0.1, -0.05) is 30.3 Å². The molecule has 1 fully saturated rings. The monoisotopic (exact) mass is 323 g/mol. The number of anilines is 1. The van der Waals surface area contributed by atoms with Crippen LogP contribution in [0.5, 0.6) is 5.75 Å². The van der Waals surface area contributed by atoms with E-state index in [0.717, 1.165) is 37.2 Å². The van der Waals surface area contributed by atoms with Crippen molar-refractivity contribution < 1.29 is 9.53 Å². The van der Waals surface area contributed by atoms with Crippen molar-refractivity contribution in [2.24, 2.45) is 5.92 Å². The first kappa shape index (κ1) is 16.6. The maximum absolute atomic E-state index is 12.4. The van der Waals surface area contributed by atoms with E-state index < -0.39 is 0 Å². The summed E-state index contributed by atoms with van der Waals surface area (Å²) in [6, 6.07) is 18.5. The molecule has 0 aromatic heterocycles. The maximum Gasteiger partial charge on any atom is 0.152 e. The molecular formula is C21H25NO2. The molecule has 0 amide bonds. The number of hydrogen-bond donors (Lipinski definition) is 0. The summed E-state index contributed by atoms with van der Waals surface area (Å²) in [5.74, 6) is 1.46. The number of ether oxygens (including phenoxy) is 1. The molecule has 3 rings (SSSR count). The van der Waals surface area contributed by atoms with Crippen molar-refractivity contribution >= 4 is 11.5 Å². The van der Waals surface area contributed by atoms with Gasteiger partial charge >= 0.3 is 0 Å². The van der Waals surface area contributed by atoms with E-state index in [9.17, 15) is 4.79 Å². The summed E-state index contributed by atoms with van der Waals surface area (Å²) in [5.41, 5.74) is 2.42. The van der Waals surface area contributed by atoms with Crippen molar-refractivity contribution in [3.63, 3.8) is 0 Å². The van der Waals surface area contributed by atoms with Gasteiger partial charge < -0.3 is 9.64 Å². The van der Waals surface area contributed by atoms with Gasteiger partial charge in [-0.2, -0.15) is 0 Å². The highest BCUT2D eigenvalue weighted by Gasteiger charge is 2.34. The van der Waals surface area contributed by atoms with Gasteiger partial charge in [0, 0.05) is 12.2 Å². The summed E-state index contributed by atoms with van der Waals surface area (Å²) >= 11 is 0. The summed E-state index contributed by atoms with van der Waals surface area (Å²) in [6.07, 6.45) is 3.18. The predicted octanol–water partition coefficient (Wildman–Crippen LogP) is 4.11. The molecule has 0 saturated carbocycles. The molecule has 126 valence electrons. The minimum absolute atomic E-state index is 0.0487. The lowest BCUT2D eigenvalue weighted by atomic mass is 9.82. The Morgan fingerprint density at radius 2 is 1.83 bits per heavy atom. The summed E-state index contributed by atoms with van der Waals surface area (Å²) in [5, 5.41) is 0. The van der Waals surface area contributed by atoms with Crippen LogP contribution in [0.2, 0.25) is 0 Å². The van der Waals surface area contributed by atoms with Crippen molar-refractivity contribution in [3.8, 4) is 5.75 Å². The van der Waals surface area contributed by atoms with Crippen molar-refractivity contribution in [1.82, 2.24) is 0 Å². The number of rotatable bonds is 5. The van der Waals surface area contributed by atoms with Gasteiger partial charge in [-0.25, -0.2) is 0 Å². The van der Waals surface area contributed by atoms with Gasteiger partial charge in [-0.15, -0.1) is 0 Å². The molecule has 2 atom stereocenters. The molecule has 1 heterocycles. The molecule has 24 heavy (non-hydrogen) atoms. The van der Waals surface area contributed by atoms with Crippen molar-refractivity contribution in [2.75, 3.05) is 18.6 Å². The van der Waals surface area contributed by atoms with Crippen molar-refractivity contribution in [2.45, 2.75) is 32.2 Å². The van der Waals surface area contributed by atoms with Gasteiger partial charge in [-0.05, 0) is 61.9 Å². The van der Waals surface area contributed by atoms with Crippen LogP contribution in [0.15, 0.2) is 54.6 Å². The van der Waals surface area contributed by atoms with E-state index in [1.54, 1.807) is 14.0 Å². The van der Waals surface area contributed by atoms with Crippen LogP contribution in [0.1, 0.15) is 25.3 Å². The molecule has 0 spiro atoms. The summed E-state index contributed by atoms with van der Waals surface area (Å²) < 4.78 is 5.25. The fraction of sp³-hybridized carbons (Fsp3) is 0.381. The second-order valence-electron chi connectivity index (χ2n) is 6.54. The van der Waals surface area contributed by atoms with Crippen LogP contribution in [0.4, 0.5) is 5.69 Å². The second kappa shape index (κ2) is 7.52. The van der Waals surface area contributed by atoms with Crippen LogP contribution in [0.25, 0.3) is 0 Å². The smallest absolute Gasteiger partial charge is 0.152 e. The van der Waals surface area contributed by atoms with Crippen LogP contribution in [0, 0.1) is 5.92 Å². The highest BCUT2D eigenvalue weighted by atomic mass is 16.5. The normalized spacial score (nSPS) is 20.7. The van der Waals surface area contributed by atoms with Crippen LogP contribution >= 0.6 is 0 Å². The number of hydrogen-bond acceptors (Lipinski definition) is 3. The lowest BCUT2D eigenvalue weighted by Gasteiger charge is -2.41. The van der Waals surface area contributed by atoms with Crippen molar-refractivity contribution in [3.05, 3.63) is 60.2 Å². The SMILES string of the molecule is COc1ccc(N2CCCC(Cc3ccccc3)C2C(C)=O)cc1. The molecular weight excluding hydrogens is 298 g/mol. The van der Waals surface area contributed by atoms with E-state index in [1.165, 1.54) is 5.56 Å². The van der Waals surface area contributed by atoms with E-state index in [2.05, 4.69) is 41.3 Å². The van der Waals surface area contributed by atoms with Crippen LogP contribution in [-0.4, -0.2) is 25.5 Å². The third-order valence-electron chi connectivity index (χ3n) is 4.92. The third-order valence-corrected chi connectivity index (χ3v) is 4.92. The Kier molecular flexibility index (Phi) is 5.19. The zero-order valence-corrected chi connectivity index (χ0v) is 14.4. The molecule has 1 aliphatic rings. The second-order valence-corrected chi connectivity index (χ2v) is 6.54. The van der Waals surface area contributed by atoms with Crippen LogP contribution < -0.4 is 9.64 Å². The number of piperidine rings is 1. The first-order chi connectivity index (χ1) is 11.7. The van der Waals surface area contributed by atoms with E-state index >= 15 is 0 Å². The number of ketones is 1. The average Bonchev–Trinajstić information content (AvgIpc) is 2.62. The van der Waals surface area contributed by atoms with Gasteiger partial charge in [0.05, 0.1) is 13.2 Å². The largest absolute Gasteiger partial charge is 0.497 e. The van der Waals surface area contributed by atoms with Gasteiger partial charge in [0.1, 0.15) is 5.75 Å². The van der Waals surface area contributed by atoms with Gasteiger partial charge in [0.2, 0.25) is 0 Å². The van der Waals surface area contributed by atoms with E-state index in [0.29, 0.717) is 5.92 Å². The highest BCUT2D eigenvalue weighted by molar-refractivity contribution is 5.85. The van der Waals surface area contributed by atoms with Gasteiger partial charge in [-0.3, -0.25) is 4.79 Å². The summed E-state index contributed by atoms with van der Waals surface area (Å²) in [4.78, 5) is 14.7. The molecule has 0 aliphatic carbocycles. The highest BCUT2D eigenvalue weighted by Crippen LogP contribution is 2.32. The summed E-state index contributed by atoms with van der Waals surface area (Å²) in [7, 11) is 1.67. The van der Waals surface area contributed by atoms with Crippen LogP contribution in [0.3, 0.4) is 0 Å². The molecule has 3 heteroatoms. The fourth-order valence-electron chi connectivity index (χ4n) is 3.82. The zero-order valence-electron chi connectivity index (χ0n) is 14.4. The number of methoxy groups -OCH3 is 1. The van der Waals surface area contributed by atoms with E-state index in [4.69, 9.17) is 4.74 Å². The third kappa shape index (κ3) is 3.61. The Morgan fingerprint density at radius 1 is 1.12 bits per heavy atom. The minimum Gasteiger partial charge on any atom is -0.497 e. The van der Waals surface area contributed by atoms with E-state index in [1.807, 2.05) is 18.2 Å². The number of benzene rings is 2. The van der Waals surface area contributed by atoms with Gasteiger partial charge in [0.15, 0.2) is 5.78 Å². The fourth-order valence-corrected chi connectivity index (χ4v) is 3.82. The lowest BCUT2D eigenvalue weighted by Crippen LogP contribution is -2.50. The Morgan fingerprint density at radius 3 is 2.46 bits per heavy atom. The number of nitrogens with zero attached hydrogens (tertiary/aromatic N) is 1. The Bertz CT molecular complexity index is 666. The average molecular weight is 323 g/mol. The molecule has 3 nitrogen and oxygen atoms in total. The van der Waals surface area contributed by atoms with Crippen molar-refractivity contribution in [1.29, 1.82) is 0 Å². The number of Topliss-reactive ketones (excluding diaryl/α,β-unsaturated/α-hetero) is 1. The molecule has 2 aromatic rings. The first-order valence-corrected chi connectivity index (χ1v) is 8.64. The molecule has 0 radical (unpaired) electrons. The Balaban J connectivity index is 1.84. The molecule has 2 unspecified atom stereocenters. The predicted molar refractivity (Wildman–Crippen MR) is 97.7 cm³/mol. The lowest BCUT2D eigenvalue weighted by molar-refractivity contribution is -0.119. The standard InChI is InChI=1S/C21H25NO2/c1-16(23)21-18(15-17-7-4-3-5-8-17)9-6-14-22(21)19-10-12-20(24-2)13-11-19/h3-5,7-8,10-13,18,21H,6,9,14-15H2,1-2H3. The maximum atomic E-state index is 12.4. The summed E-state index contributed by atoms with van der Waals surface area (Å²) in [6.45, 7) is 2.66. The molecule has 2 aromatic carbocycles. The first-order valence-electron chi connectivity index (χ1n) is 8.64. The topological polar surface area (TPSA) is 29.5 Å². The Labute approximate surface area is 144 Å². The molecule has 1 aliphatic heterocycles. The van der Waals surface area contributed by atoms with E-state index in [-0.39, 0.29) is 11.8 Å². The molecule has 0 N–H and O–H groups in total. The zero-order chi connectivity index (χ0) is 16.9.